The molecule has 0 fully saturated rings. The fourth-order valence-corrected chi connectivity index (χ4v) is 0.946. The molecule has 3 nitrogen and oxygen atoms in total. The molecule has 0 aliphatic heterocycles. The minimum atomic E-state index is -0.179. The van der Waals surface area contributed by atoms with Gasteiger partial charge in [0.2, 0.25) is 0 Å². The molecule has 66 valence electrons. The van der Waals surface area contributed by atoms with E-state index in [0.29, 0.717) is 5.92 Å². The van der Waals surface area contributed by atoms with E-state index in [2.05, 4.69) is 23.9 Å². The highest BCUT2D eigenvalue weighted by Crippen LogP contribution is 2.04. The summed E-state index contributed by atoms with van der Waals surface area (Å²) >= 11 is 0. The molecule has 0 aliphatic rings. The van der Waals surface area contributed by atoms with Gasteiger partial charge in [0, 0.05) is 0 Å². The van der Waals surface area contributed by atoms with E-state index in [-0.39, 0.29) is 12.0 Å². The van der Waals surface area contributed by atoms with Gasteiger partial charge in [0.05, 0.1) is 7.11 Å². The van der Waals surface area contributed by atoms with E-state index in [4.69, 9.17) is 0 Å². The van der Waals surface area contributed by atoms with Crippen LogP contribution in [0.25, 0.3) is 0 Å². The van der Waals surface area contributed by atoms with Gasteiger partial charge in [-0.25, -0.2) is 0 Å². The number of nitrogens with one attached hydrogen (secondary N) is 1. The average Bonchev–Trinajstić information content (AvgIpc) is 1.98. The zero-order valence-corrected chi connectivity index (χ0v) is 7.68. The molecule has 0 rings (SSSR count). The first-order valence-corrected chi connectivity index (χ1v) is 3.87. The summed E-state index contributed by atoms with van der Waals surface area (Å²) in [6.07, 6.45) is 0.823. The van der Waals surface area contributed by atoms with E-state index in [0.717, 1.165) is 6.42 Å². The molecule has 0 heterocycles. The van der Waals surface area contributed by atoms with Crippen molar-refractivity contribution in [2.75, 3.05) is 14.2 Å². The molecule has 3 heteroatoms. The lowest BCUT2D eigenvalue weighted by Crippen LogP contribution is -2.36. The number of methoxy groups -OCH3 is 1. The van der Waals surface area contributed by atoms with E-state index in [1.165, 1.54) is 7.11 Å². The Labute approximate surface area is 68.1 Å². The summed E-state index contributed by atoms with van der Waals surface area (Å²) in [6.45, 7) is 4.15. The van der Waals surface area contributed by atoms with E-state index >= 15 is 0 Å². The van der Waals surface area contributed by atoms with Crippen LogP contribution in [-0.2, 0) is 9.53 Å². The normalized spacial score (nSPS) is 13.2. The summed E-state index contributed by atoms with van der Waals surface area (Å²) in [5.41, 5.74) is 0. The molecule has 0 aromatic rings. The molecular weight excluding hydrogens is 142 g/mol. The summed E-state index contributed by atoms with van der Waals surface area (Å²) in [5.74, 6) is 0.327. The van der Waals surface area contributed by atoms with Crippen LogP contribution in [-0.4, -0.2) is 26.2 Å². The molecule has 0 aliphatic carbocycles. The van der Waals surface area contributed by atoms with Crippen molar-refractivity contribution >= 4 is 5.97 Å². The first-order chi connectivity index (χ1) is 5.11. The van der Waals surface area contributed by atoms with Crippen LogP contribution in [0.15, 0.2) is 0 Å². The quantitative estimate of drug-likeness (QED) is 0.616. The highest BCUT2D eigenvalue weighted by Gasteiger charge is 2.17. The summed E-state index contributed by atoms with van der Waals surface area (Å²) in [4.78, 5) is 11.0. The molecule has 0 saturated carbocycles. The monoisotopic (exact) mass is 159 g/mol. The van der Waals surface area contributed by atoms with Gasteiger partial charge in [-0.1, -0.05) is 13.8 Å². The van der Waals surface area contributed by atoms with Crippen LogP contribution >= 0.6 is 0 Å². The van der Waals surface area contributed by atoms with Crippen molar-refractivity contribution in [3.8, 4) is 0 Å². The second-order valence-electron chi connectivity index (χ2n) is 2.99. The van der Waals surface area contributed by atoms with E-state index in [1.54, 1.807) is 7.05 Å². The zero-order valence-electron chi connectivity index (χ0n) is 7.68. The number of ether oxygens (including phenoxy) is 1. The Morgan fingerprint density at radius 3 is 2.36 bits per heavy atom. The van der Waals surface area contributed by atoms with Gasteiger partial charge >= 0.3 is 5.97 Å². The maximum absolute atomic E-state index is 11.0. The molecule has 0 radical (unpaired) electrons. The number of hydrogen-bond acceptors (Lipinski definition) is 3. The van der Waals surface area contributed by atoms with Gasteiger partial charge < -0.3 is 10.1 Å². The molecule has 0 amide bonds. The molecule has 0 bridgehead atoms. The molecule has 1 atom stereocenters. The minimum absolute atomic E-state index is 0.153. The number of rotatable bonds is 4. The fraction of sp³-hybridized carbons (Fsp3) is 0.875. The van der Waals surface area contributed by atoms with Gasteiger partial charge in [0.15, 0.2) is 0 Å². The Morgan fingerprint density at radius 2 is 2.09 bits per heavy atom. The third-order valence-electron chi connectivity index (χ3n) is 1.54. The van der Waals surface area contributed by atoms with Crippen LogP contribution in [0, 0.1) is 5.92 Å². The van der Waals surface area contributed by atoms with Crippen LogP contribution in [0.4, 0.5) is 0 Å². The van der Waals surface area contributed by atoms with Gasteiger partial charge in [-0.2, -0.15) is 0 Å². The Balaban J connectivity index is 3.84. The summed E-state index contributed by atoms with van der Waals surface area (Å²) < 4.78 is 4.60. The van der Waals surface area contributed by atoms with Crippen LogP contribution in [0.1, 0.15) is 20.3 Å². The second kappa shape index (κ2) is 5.13. The van der Waals surface area contributed by atoms with Gasteiger partial charge in [0.1, 0.15) is 6.04 Å². The maximum atomic E-state index is 11.0. The van der Waals surface area contributed by atoms with Crippen molar-refractivity contribution in [3.05, 3.63) is 0 Å². The molecule has 0 saturated heterocycles. The third kappa shape index (κ3) is 3.98. The topological polar surface area (TPSA) is 38.3 Å². The Morgan fingerprint density at radius 1 is 1.55 bits per heavy atom. The van der Waals surface area contributed by atoms with Crippen molar-refractivity contribution in [3.63, 3.8) is 0 Å². The summed E-state index contributed by atoms with van der Waals surface area (Å²) in [5, 5.41) is 2.91. The molecule has 11 heavy (non-hydrogen) atoms. The van der Waals surface area contributed by atoms with Gasteiger partial charge in [-0.15, -0.1) is 0 Å². The second-order valence-corrected chi connectivity index (χ2v) is 2.99. The number of carbonyl (C=O) groups is 1. The molecule has 0 aromatic heterocycles. The van der Waals surface area contributed by atoms with Crippen molar-refractivity contribution in [2.45, 2.75) is 26.3 Å². The highest BCUT2D eigenvalue weighted by atomic mass is 16.5. The van der Waals surface area contributed by atoms with E-state index in [9.17, 15) is 4.79 Å². The van der Waals surface area contributed by atoms with Crippen LogP contribution < -0.4 is 5.32 Å². The Hall–Kier alpha value is -0.570. The van der Waals surface area contributed by atoms with E-state index in [1.807, 2.05) is 0 Å². The van der Waals surface area contributed by atoms with Crippen molar-refractivity contribution in [1.29, 1.82) is 0 Å². The lowest BCUT2D eigenvalue weighted by molar-refractivity contribution is -0.143. The molecule has 0 unspecified atom stereocenters. The van der Waals surface area contributed by atoms with Crippen LogP contribution in [0.2, 0.25) is 0 Å². The standard InChI is InChI=1S/C8H17NO2/c1-6(2)5-7(9-3)8(10)11-4/h6-7,9H,5H2,1-4H3/t7-/m1/s1. The number of likely N-dealkylation sites (N-methyl/N-ethyl adjacent to an activating group) is 1. The van der Waals surface area contributed by atoms with Crippen molar-refractivity contribution in [2.24, 2.45) is 5.92 Å². The van der Waals surface area contributed by atoms with E-state index < -0.39 is 0 Å². The number of esters is 1. The molecule has 1 N–H and O–H groups in total. The maximum Gasteiger partial charge on any atom is 0.322 e. The molecule has 0 spiro atoms. The first-order valence-electron chi connectivity index (χ1n) is 3.87. The van der Waals surface area contributed by atoms with Crippen LogP contribution in [0.5, 0.6) is 0 Å². The predicted octanol–water partition coefficient (Wildman–Crippen LogP) is 0.793. The number of hydrogen-bond donors (Lipinski definition) is 1. The van der Waals surface area contributed by atoms with Crippen LogP contribution in [0.3, 0.4) is 0 Å². The van der Waals surface area contributed by atoms with Gasteiger partial charge in [-0.3, -0.25) is 4.79 Å². The predicted molar refractivity (Wildman–Crippen MR) is 44.3 cm³/mol. The number of carbonyl (C=O) groups excluding carboxylic acids is 1. The van der Waals surface area contributed by atoms with Crippen molar-refractivity contribution < 1.29 is 9.53 Å². The molecular formula is C8H17NO2. The average molecular weight is 159 g/mol. The molecule has 0 aromatic carbocycles. The minimum Gasteiger partial charge on any atom is -0.468 e. The lowest BCUT2D eigenvalue weighted by atomic mass is 10.0. The zero-order chi connectivity index (χ0) is 8.85. The Bertz CT molecular complexity index is 123. The van der Waals surface area contributed by atoms with Gasteiger partial charge in [0.25, 0.3) is 0 Å². The SMILES string of the molecule is CN[C@H](CC(C)C)C(=O)OC. The summed E-state index contributed by atoms with van der Waals surface area (Å²) in [6, 6.07) is -0.153. The summed E-state index contributed by atoms with van der Waals surface area (Å²) in [7, 11) is 3.18. The fourth-order valence-electron chi connectivity index (χ4n) is 0.946. The Kier molecular flexibility index (Phi) is 4.86. The van der Waals surface area contributed by atoms with Gasteiger partial charge in [-0.05, 0) is 19.4 Å². The first kappa shape index (κ1) is 10.4. The third-order valence-corrected chi connectivity index (χ3v) is 1.54. The lowest BCUT2D eigenvalue weighted by Gasteiger charge is -2.15. The smallest absolute Gasteiger partial charge is 0.322 e. The largest absolute Gasteiger partial charge is 0.468 e. The van der Waals surface area contributed by atoms with Crippen molar-refractivity contribution in [1.82, 2.24) is 5.32 Å². The highest BCUT2D eigenvalue weighted by molar-refractivity contribution is 5.75.